The van der Waals surface area contributed by atoms with Gasteiger partial charge in [-0.15, -0.1) is 0 Å². The molecular weight excluding hydrogens is 270 g/mol. The third kappa shape index (κ3) is 3.18. The van der Waals surface area contributed by atoms with Gasteiger partial charge in [-0.3, -0.25) is 0 Å². The zero-order valence-electron chi connectivity index (χ0n) is 11.8. The summed E-state index contributed by atoms with van der Waals surface area (Å²) < 4.78 is 5.87. The second-order valence-electron chi connectivity index (χ2n) is 6.03. The molecule has 0 bridgehead atoms. The number of rotatable bonds is 3. The maximum absolute atomic E-state index is 6.35. The lowest BCUT2D eigenvalue weighted by Gasteiger charge is -2.17. The van der Waals surface area contributed by atoms with Crippen LogP contribution in [0.5, 0.6) is 0 Å². The number of hydrogen-bond acceptors (Lipinski definition) is 2. The number of nitrogens with two attached hydrogens (primary N) is 1. The molecule has 1 aliphatic rings. The highest BCUT2D eigenvalue weighted by Gasteiger charge is 2.19. The molecule has 0 spiro atoms. The van der Waals surface area contributed by atoms with Gasteiger partial charge in [0, 0.05) is 10.4 Å². The number of hydrogen-bond donors (Lipinski definition) is 1. The monoisotopic (exact) mass is 291 g/mol. The Labute approximate surface area is 125 Å². The van der Waals surface area contributed by atoms with Crippen molar-refractivity contribution in [3.8, 4) is 0 Å². The van der Waals surface area contributed by atoms with Gasteiger partial charge in [0.05, 0.1) is 6.04 Å². The first-order valence-corrected chi connectivity index (χ1v) is 8.05. The Morgan fingerprint density at radius 1 is 1.15 bits per heavy atom. The van der Waals surface area contributed by atoms with Crippen molar-refractivity contribution >= 4 is 22.6 Å². The van der Waals surface area contributed by atoms with Crippen LogP contribution in [-0.2, 0) is 0 Å². The van der Waals surface area contributed by atoms with Crippen molar-refractivity contribution in [2.75, 3.05) is 0 Å². The SMILES string of the molecule is NC(CC1CCCCCC1)c1cc2cc(Cl)ccc2o1. The number of benzene rings is 1. The van der Waals surface area contributed by atoms with Crippen LogP contribution in [0, 0.1) is 5.92 Å². The average Bonchev–Trinajstić information content (AvgIpc) is 2.68. The molecule has 1 aromatic heterocycles. The summed E-state index contributed by atoms with van der Waals surface area (Å²) in [5, 5.41) is 1.78. The van der Waals surface area contributed by atoms with Crippen molar-refractivity contribution in [2.45, 2.75) is 51.0 Å². The Morgan fingerprint density at radius 2 is 1.90 bits per heavy atom. The highest BCUT2D eigenvalue weighted by atomic mass is 35.5. The Morgan fingerprint density at radius 3 is 2.65 bits per heavy atom. The first-order valence-electron chi connectivity index (χ1n) is 7.67. The molecule has 1 heterocycles. The maximum atomic E-state index is 6.35. The molecule has 20 heavy (non-hydrogen) atoms. The Kier molecular flexibility index (Phi) is 4.32. The molecule has 0 amide bonds. The van der Waals surface area contributed by atoms with Crippen molar-refractivity contribution in [1.82, 2.24) is 0 Å². The molecule has 2 aromatic rings. The van der Waals surface area contributed by atoms with Crippen molar-refractivity contribution < 1.29 is 4.42 Å². The van der Waals surface area contributed by atoms with Crippen LogP contribution in [0.1, 0.15) is 56.7 Å². The second-order valence-corrected chi connectivity index (χ2v) is 6.47. The molecule has 1 unspecified atom stereocenters. The van der Waals surface area contributed by atoms with Gasteiger partial charge in [0.2, 0.25) is 0 Å². The highest BCUT2D eigenvalue weighted by Crippen LogP contribution is 2.32. The molecule has 0 saturated heterocycles. The van der Waals surface area contributed by atoms with E-state index in [0.29, 0.717) is 0 Å². The van der Waals surface area contributed by atoms with Crippen LogP contribution in [0.3, 0.4) is 0 Å². The summed E-state index contributed by atoms with van der Waals surface area (Å²) in [6.07, 6.45) is 9.15. The highest BCUT2D eigenvalue weighted by molar-refractivity contribution is 6.31. The minimum absolute atomic E-state index is 0.00396. The normalized spacial score (nSPS) is 19.1. The molecule has 0 aliphatic heterocycles. The van der Waals surface area contributed by atoms with E-state index in [2.05, 4.69) is 0 Å². The molecule has 1 fully saturated rings. The van der Waals surface area contributed by atoms with Gasteiger partial charge >= 0.3 is 0 Å². The van der Waals surface area contributed by atoms with E-state index in [-0.39, 0.29) is 6.04 Å². The van der Waals surface area contributed by atoms with E-state index >= 15 is 0 Å². The number of fused-ring (bicyclic) bond motifs is 1. The zero-order valence-corrected chi connectivity index (χ0v) is 12.5. The lowest BCUT2D eigenvalue weighted by Crippen LogP contribution is -2.14. The van der Waals surface area contributed by atoms with E-state index in [1.807, 2.05) is 24.3 Å². The summed E-state index contributed by atoms with van der Waals surface area (Å²) in [6, 6.07) is 7.75. The first kappa shape index (κ1) is 14.0. The van der Waals surface area contributed by atoms with E-state index < -0.39 is 0 Å². The van der Waals surface area contributed by atoms with Crippen LogP contribution >= 0.6 is 11.6 Å². The topological polar surface area (TPSA) is 39.2 Å². The summed E-state index contributed by atoms with van der Waals surface area (Å²) in [7, 11) is 0. The summed E-state index contributed by atoms with van der Waals surface area (Å²) in [5.74, 6) is 1.65. The van der Waals surface area contributed by atoms with Gasteiger partial charge in [-0.25, -0.2) is 0 Å². The smallest absolute Gasteiger partial charge is 0.134 e. The molecule has 0 radical (unpaired) electrons. The van der Waals surface area contributed by atoms with Gasteiger partial charge in [0.25, 0.3) is 0 Å². The standard InChI is InChI=1S/C17H22ClNO/c18-14-7-8-16-13(10-14)11-17(20-16)15(19)9-12-5-3-1-2-4-6-12/h7-8,10-12,15H,1-6,9,19H2. The average molecular weight is 292 g/mol. The predicted octanol–water partition coefficient (Wildman–Crippen LogP) is 5.45. The summed E-state index contributed by atoms with van der Waals surface area (Å²) in [6.45, 7) is 0. The molecule has 3 heteroatoms. The Balaban J connectivity index is 1.72. The van der Waals surface area contributed by atoms with Gasteiger partial charge in [-0.2, -0.15) is 0 Å². The van der Waals surface area contributed by atoms with Crippen LogP contribution < -0.4 is 5.73 Å². The Bertz CT molecular complexity index is 569. The second kappa shape index (κ2) is 6.19. The van der Waals surface area contributed by atoms with E-state index in [1.165, 1.54) is 38.5 Å². The Hall–Kier alpha value is -0.990. The fraction of sp³-hybridized carbons (Fsp3) is 0.529. The summed E-state index contributed by atoms with van der Waals surface area (Å²) in [4.78, 5) is 0. The van der Waals surface area contributed by atoms with Crippen molar-refractivity contribution in [3.05, 3.63) is 35.0 Å². The lowest BCUT2D eigenvalue weighted by atomic mass is 9.92. The summed E-state index contributed by atoms with van der Waals surface area (Å²) >= 11 is 6.01. The van der Waals surface area contributed by atoms with Gasteiger partial charge in [-0.05, 0) is 36.6 Å². The number of furan rings is 1. The summed E-state index contributed by atoms with van der Waals surface area (Å²) in [5.41, 5.74) is 7.23. The molecule has 2 N–H and O–H groups in total. The largest absolute Gasteiger partial charge is 0.459 e. The van der Waals surface area contributed by atoms with Crippen molar-refractivity contribution in [2.24, 2.45) is 11.7 Å². The molecule has 3 rings (SSSR count). The van der Waals surface area contributed by atoms with E-state index in [1.54, 1.807) is 0 Å². The fourth-order valence-electron chi connectivity index (χ4n) is 3.29. The van der Waals surface area contributed by atoms with Crippen molar-refractivity contribution in [3.63, 3.8) is 0 Å². The van der Waals surface area contributed by atoms with Gasteiger partial charge in [-0.1, -0.05) is 50.1 Å². The predicted molar refractivity (Wildman–Crippen MR) is 84.0 cm³/mol. The van der Waals surface area contributed by atoms with E-state index in [0.717, 1.165) is 34.1 Å². The first-order chi connectivity index (χ1) is 9.72. The van der Waals surface area contributed by atoms with E-state index in [9.17, 15) is 0 Å². The minimum Gasteiger partial charge on any atom is -0.459 e. The van der Waals surface area contributed by atoms with Gasteiger partial charge in [0.15, 0.2) is 0 Å². The quantitative estimate of drug-likeness (QED) is 0.764. The fourth-order valence-corrected chi connectivity index (χ4v) is 3.47. The van der Waals surface area contributed by atoms with Crippen molar-refractivity contribution in [1.29, 1.82) is 0 Å². The van der Waals surface area contributed by atoms with Gasteiger partial charge in [0.1, 0.15) is 11.3 Å². The molecule has 1 saturated carbocycles. The zero-order chi connectivity index (χ0) is 13.9. The minimum atomic E-state index is 0.00396. The van der Waals surface area contributed by atoms with Crippen LogP contribution in [0.4, 0.5) is 0 Å². The molecular formula is C17H22ClNO. The van der Waals surface area contributed by atoms with Gasteiger partial charge < -0.3 is 10.2 Å². The van der Waals surface area contributed by atoms with Crippen LogP contribution in [0.2, 0.25) is 5.02 Å². The third-order valence-electron chi connectivity index (χ3n) is 4.42. The molecule has 2 nitrogen and oxygen atoms in total. The van der Waals surface area contributed by atoms with Crippen LogP contribution in [-0.4, -0.2) is 0 Å². The van der Waals surface area contributed by atoms with Crippen LogP contribution in [0.25, 0.3) is 11.0 Å². The van der Waals surface area contributed by atoms with E-state index in [4.69, 9.17) is 21.8 Å². The molecule has 1 aliphatic carbocycles. The molecule has 108 valence electrons. The number of halogens is 1. The lowest BCUT2D eigenvalue weighted by molar-refractivity contribution is 0.364. The van der Waals surface area contributed by atoms with Crippen LogP contribution in [0.15, 0.2) is 28.7 Å². The molecule has 1 atom stereocenters. The maximum Gasteiger partial charge on any atom is 0.134 e. The molecule has 1 aromatic carbocycles. The third-order valence-corrected chi connectivity index (χ3v) is 4.66.